The van der Waals surface area contributed by atoms with Crippen molar-refractivity contribution >= 4 is 15.8 Å². The average molecular weight is 388 g/mol. The minimum atomic E-state index is -3.43. The number of piperidine rings is 1. The Labute approximate surface area is 160 Å². The highest BCUT2D eigenvalue weighted by Crippen LogP contribution is 2.30. The van der Waals surface area contributed by atoms with E-state index < -0.39 is 10.0 Å². The van der Waals surface area contributed by atoms with E-state index in [1.54, 1.807) is 17.5 Å². The first-order valence-corrected chi connectivity index (χ1v) is 10.9. The lowest BCUT2D eigenvalue weighted by Gasteiger charge is -2.31. The fourth-order valence-electron chi connectivity index (χ4n) is 3.93. The highest BCUT2D eigenvalue weighted by atomic mass is 32.2. The second kappa shape index (κ2) is 7.48. The number of rotatable bonds is 4. The second-order valence-electron chi connectivity index (χ2n) is 7.09. The monoisotopic (exact) mass is 387 g/mol. The summed E-state index contributed by atoms with van der Waals surface area (Å²) < 4.78 is 32.6. The molecule has 0 unspecified atom stereocenters. The van der Waals surface area contributed by atoms with E-state index in [9.17, 15) is 8.42 Å². The van der Waals surface area contributed by atoms with Crippen LogP contribution in [0.2, 0.25) is 0 Å². The van der Waals surface area contributed by atoms with Crippen LogP contribution < -0.4 is 9.64 Å². The highest BCUT2D eigenvalue weighted by molar-refractivity contribution is 7.89. The number of nitrogens with zero attached hydrogens (tertiary/aromatic N) is 3. The Kier molecular flexibility index (Phi) is 5.06. The minimum Gasteiger partial charge on any atom is -0.496 e. The summed E-state index contributed by atoms with van der Waals surface area (Å²) in [5.41, 5.74) is 2.48. The summed E-state index contributed by atoms with van der Waals surface area (Å²) in [6, 6.07) is 9.62. The maximum atomic E-state index is 12.8. The van der Waals surface area contributed by atoms with E-state index in [1.165, 1.54) is 17.3 Å². The molecule has 27 heavy (non-hydrogen) atoms. The SMILES string of the molecule is COc1cccc2c1CCN(c1ccc(S(=O)(=O)N3CCCCC3)cn1)C2. The van der Waals surface area contributed by atoms with E-state index in [1.807, 2.05) is 18.2 Å². The molecule has 144 valence electrons. The Hall–Kier alpha value is -2.12. The van der Waals surface area contributed by atoms with Crippen LogP contribution in [0.5, 0.6) is 5.75 Å². The molecule has 2 aliphatic heterocycles. The fraction of sp³-hybridized carbons (Fsp3) is 0.450. The molecule has 2 aromatic rings. The van der Waals surface area contributed by atoms with Crippen LogP contribution >= 0.6 is 0 Å². The van der Waals surface area contributed by atoms with Crippen molar-refractivity contribution < 1.29 is 13.2 Å². The van der Waals surface area contributed by atoms with Crippen molar-refractivity contribution in [2.75, 3.05) is 31.6 Å². The molecule has 1 saturated heterocycles. The summed E-state index contributed by atoms with van der Waals surface area (Å²) in [5, 5.41) is 0. The summed E-state index contributed by atoms with van der Waals surface area (Å²) >= 11 is 0. The molecule has 2 aliphatic rings. The van der Waals surface area contributed by atoms with Gasteiger partial charge in [-0.2, -0.15) is 4.31 Å². The van der Waals surface area contributed by atoms with Crippen LogP contribution in [-0.4, -0.2) is 44.5 Å². The Morgan fingerprint density at radius 1 is 1.04 bits per heavy atom. The Morgan fingerprint density at radius 3 is 2.56 bits per heavy atom. The van der Waals surface area contributed by atoms with Crippen molar-refractivity contribution in [2.45, 2.75) is 37.1 Å². The highest BCUT2D eigenvalue weighted by Gasteiger charge is 2.27. The van der Waals surface area contributed by atoms with E-state index in [-0.39, 0.29) is 4.90 Å². The van der Waals surface area contributed by atoms with Crippen molar-refractivity contribution in [1.82, 2.24) is 9.29 Å². The van der Waals surface area contributed by atoms with E-state index >= 15 is 0 Å². The number of hydrogen-bond acceptors (Lipinski definition) is 5. The first-order valence-electron chi connectivity index (χ1n) is 9.45. The molecule has 3 heterocycles. The molecule has 0 spiro atoms. The second-order valence-corrected chi connectivity index (χ2v) is 9.02. The van der Waals surface area contributed by atoms with Crippen LogP contribution in [0.15, 0.2) is 41.4 Å². The third kappa shape index (κ3) is 3.53. The van der Waals surface area contributed by atoms with Crippen molar-refractivity contribution in [3.63, 3.8) is 0 Å². The topological polar surface area (TPSA) is 62.7 Å². The lowest BCUT2D eigenvalue weighted by atomic mass is 9.98. The molecule has 6 nitrogen and oxygen atoms in total. The summed E-state index contributed by atoms with van der Waals surface area (Å²) in [4.78, 5) is 6.93. The van der Waals surface area contributed by atoms with Gasteiger partial charge in [0.15, 0.2) is 0 Å². The van der Waals surface area contributed by atoms with E-state index in [0.717, 1.165) is 50.3 Å². The quantitative estimate of drug-likeness (QED) is 0.807. The van der Waals surface area contributed by atoms with Crippen LogP contribution in [0.3, 0.4) is 0 Å². The summed E-state index contributed by atoms with van der Waals surface area (Å²) in [7, 11) is -1.73. The molecule has 0 bridgehead atoms. The molecule has 0 saturated carbocycles. The van der Waals surface area contributed by atoms with E-state index in [4.69, 9.17) is 4.74 Å². The smallest absolute Gasteiger partial charge is 0.244 e. The van der Waals surface area contributed by atoms with Gasteiger partial charge in [0.25, 0.3) is 0 Å². The lowest BCUT2D eigenvalue weighted by molar-refractivity contribution is 0.346. The number of pyridine rings is 1. The maximum Gasteiger partial charge on any atom is 0.244 e. The van der Waals surface area contributed by atoms with Crippen LogP contribution in [-0.2, 0) is 23.0 Å². The van der Waals surface area contributed by atoms with Gasteiger partial charge in [0.1, 0.15) is 16.5 Å². The van der Waals surface area contributed by atoms with Gasteiger partial charge in [0, 0.05) is 37.9 Å². The Morgan fingerprint density at radius 2 is 1.85 bits per heavy atom. The number of anilines is 1. The van der Waals surface area contributed by atoms with Crippen molar-refractivity contribution in [3.05, 3.63) is 47.7 Å². The molecule has 7 heteroatoms. The molecule has 0 amide bonds. The molecule has 4 rings (SSSR count). The van der Waals surface area contributed by atoms with Gasteiger partial charge >= 0.3 is 0 Å². The number of benzene rings is 1. The normalized spacial score (nSPS) is 18.2. The molecule has 1 aromatic heterocycles. The molecule has 0 aliphatic carbocycles. The number of ether oxygens (including phenoxy) is 1. The Bertz CT molecular complexity index is 907. The first kappa shape index (κ1) is 18.3. The predicted octanol–water partition coefficient (Wildman–Crippen LogP) is 2.83. The largest absolute Gasteiger partial charge is 0.496 e. The minimum absolute atomic E-state index is 0.284. The molecule has 1 aromatic carbocycles. The fourth-order valence-corrected chi connectivity index (χ4v) is 5.39. The average Bonchev–Trinajstić information content (AvgIpc) is 2.73. The van der Waals surface area contributed by atoms with Crippen molar-refractivity contribution in [2.24, 2.45) is 0 Å². The zero-order valence-corrected chi connectivity index (χ0v) is 16.4. The molecular weight excluding hydrogens is 362 g/mol. The van der Waals surface area contributed by atoms with Crippen LogP contribution in [0.4, 0.5) is 5.82 Å². The summed E-state index contributed by atoms with van der Waals surface area (Å²) in [6.07, 6.45) is 5.35. The molecule has 0 radical (unpaired) electrons. The Balaban J connectivity index is 1.53. The van der Waals surface area contributed by atoms with Gasteiger partial charge in [0.2, 0.25) is 10.0 Å². The van der Waals surface area contributed by atoms with E-state index in [0.29, 0.717) is 13.1 Å². The van der Waals surface area contributed by atoms with Crippen LogP contribution in [0, 0.1) is 0 Å². The van der Waals surface area contributed by atoms with Crippen molar-refractivity contribution in [1.29, 1.82) is 0 Å². The first-order chi connectivity index (χ1) is 13.1. The van der Waals surface area contributed by atoms with Crippen LogP contribution in [0.1, 0.15) is 30.4 Å². The van der Waals surface area contributed by atoms with Crippen molar-refractivity contribution in [3.8, 4) is 5.75 Å². The van der Waals surface area contributed by atoms with Gasteiger partial charge in [-0.25, -0.2) is 13.4 Å². The lowest BCUT2D eigenvalue weighted by Crippen LogP contribution is -2.35. The third-order valence-corrected chi connectivity index (χ3v) is 7.32. The van der Waals surface area contributed by atoms with E-state index in [2.05, 4.69) is 16.0 Å². The van der Waals surface area contributed by atoms with Gasteiger partial charge in [-0.3, -0.25) is 0 Å². The van der Waals surface area contributed by atoms with Gasteiger partial charge in [-0.15, -0.1) is 0 Å². The number of aromatic nitrogens is 1. The third-order valence-electron chi connectivity index (χ3n) is 5.44. The summed E-state index contributed by atoms with van der Waals surface area (Å²) in [6.45, 7) is 2.79. The number of sulfonamides is 1. The molecule has 0 atom stereocenters. The zero-order chi connectivity index (χ0) is 18.9. The number of hydrogen-bond donors (Lipinski definition) is 0. The van der Waals surface area contributed by atoms with Gasteiger partial charge < -0.3 is 9.64 Å². The van der Waals surface area contributed by atoms with Crippen LogP contribution in [0.25, 0.3) is 0 Å². The molecule has 0 N–H and O–H groups in total. The zero-order valence-electron chi connectivity index (χ0n) is 15.6. The predicted molar refractivity (Wildman–Crippen MR) is 105 cm³/mol. The maximum absolute atomic E-state index is 12.8. The number of methoxy groups -OCH3 is 1. The van der Waals surface area contributed by atoms with Gasteiger partial charge in [0.05, 0.1) is 7.11 Å². The molecule has 1 fully saturated rings. The standard InChI is InChI=1S/C20H25N3O3S/c1-26-19-7-5-6-16-15-22(13-10-18(16)19)20-9-8-17(14-21-20)27(24,25)23-11-3-2-4-12-23/h5-9,14H,2-4,10-13,15H2,1H3. The summed E-state index contributed by atoms with van der Waals surface area (Å²) in [5.74, 6) is 1.74. The van der Waals surface area contributed by atoms with Gasteiger partial charge in [-0.1, -0.05) is 18.6 Å². The van der Waals surface area contributed by atoms with Gasteiger partial charge in [-0.05, 0) is 43.0 Å². The molecular formula is C20H25N3O3S. The number of fused-ring (bicyclic) bond motifs is 1.